The molecule has 0 amide bonds. The number of hydrogen-bond donors (Lipinski definition) is 1. The van der Waals surface area contributed by atoms with Crippen molar-refractivity contribution in [3.05, 3.63) is 24.4 Å². The number of nitrogens with zero attached hydrogens (tertiary/aromatic N) is 1. The number of anilines is 1. The van der Waals surface area contributed by atoms with Crippen LogP contribution in [0.2, 0.25) is 0 Å². The summed E-state index contributed by atoms with van der Waals surface area (Å²) < 4.78 is 5.53. The van der Waals surface area contributed by atoms with Crippen LogP contribution >= 0.6 is 0 Å². The summed E-state index contributed by atoms with van der Waals surface area (Å²) in [5.74, 6) is 0.871. The van der Waals surface area contributed by atoms with Crippen molar-refractivity contribution in [3.63, 3.8) is 0 Å². The summed E-state index contributed by atoms with van der Waals surface area (Å²) in [7, 11) is 0. The number of pyridine rings is 1. The van der Waals surface area contributed by atoms with Crippen LogP contribution < -0.4 is 10.1 Å². The molecule has 0 aromatic carbocycles. The summed E-state index contributed by atoms with van der Waals surface area (Å²) in [6, 6.07) is 2.00. The molecule has 0 spiro atoms. The summed E-state index contributed by atoms with van der Waals surface area (Å²) in [4.78, 5) is 4.30. The average Bonchev–Trinajstić information content (AvgIpc) is 2.28. The minimum absolute atomic E-state index is 0. The fraction of sp³-hybridized carbons (Fsp3) is 0.571. The van der Waals surface area contributed by atoms with E-state index in [4.69, 9.17) is 4.74 Å². The van der Waals surface area contributed by atoms with Crippen molar-refractivity contribution >= 4 is 5.69 Å². The quantitative estimate of drug-likeness (QED) is 0.658. The number of rotatable bonds is 0. The van der Waals surface area contributed by atoms with Crippen LogP contribution in [0, 0.1) is 12.6 Å². The molecule has 4 heteroatoms. The summed E-state index contributed by atoms with van der Waals surface area (Å²) in [5, 5.41) is 3.20. The average molecular weight is 418 g/mol. The van der Waals surface area contributed by atoms with E-state index in [9.17, 15) is 0 Å². The Morgan fingerprint density at radius 3 is 2.56 bits per heavy atom. The normalized spacial score (nSPS) is 12.9. The Labute approximate surface area is 125 Å². The smallest absolute Gasteiger partial charge is 0.547 e. The van der Waals surface area contributed by atoms with E-state index in [-0.39, 0.29) is 26.5 Å². The maximum atomic E-state index is 5.53. The molecule has 1 aliphatic rings. The van der Waals surface area contributed by atoms with Gasteiger partial charge in [0.25, 0.3) is 0 Å². The molecular formula is C14H22N2OW. The fourth-order valence-corrected chi connectivity index (χ4v) is 1.36. The largest absolute Gasteiger partial charge is 2.00 e. The third-order valence-corrected chi connectivity index (χ3v) is 2.23. The maximum absolute atomic E-state index is 5.53. The third-order valence-electron chi connectivity index (χ3n) is 2.23. The van der Waals surface area contributed by atoms with Gasteiger partial charge in [0.2, 0.25) is 0 Å². The van der Waals surface area contributed by atoms with Crippen LogP contribution in [0.15, 0.2) is 6.07 Å². The second-order valence-corrected chi connectivity index (χ2v) is 5.10. The molecule has 0 bridgehead atoms. The van der Waals surface area contributed by atoms with Crippen LogP contribution in [0.3, 0.4) is 0 Å². The fourth-order valence-electron chi connectivity index (χ4n) is 1.36. The van der Waals surface area contributed by atoms with E-state index >= 15 is 0 Å². The van der Waals surface area contributed by atoms with E-state index in [0.717, 1.165) is 23.7 Å². The summed E-state index contributed by atoms with van der Waals surface area (Å²) >= 11 is 0. The van der Waals surface area contributed by atoms with Gasteiger partial charge in [-0.05, 0) is 11.1 Å². The first kappa shape index (κ1) is 17.4. The van der Waals surface area contributed by atoms with Crippen LogP contribution in [0.4, 0.5) is 5.69 Å². The molecule has 0 radical (unpaired) electrons. The number of nitrogens with one attached hydrogen (secondary N) is 1. The minimum atomic E-state index is 0. The van der Waals surface area contributed by atoms with Crippen LogP contribution in [0.5, 0.6) is 5.75 Å². The van der Waals surface area contributed by atoms with E-state index in [2.05, 4.69) is 37.3 Å². The number of aromatic nitrogens is 1. The van der Waals surface area contributed by atoms with Gasteiger partial charge in [0, 0.05) is 12.3 Å². The second-order valence-electron chi connectivity index (χ2n) is 5.10. The molecule has 0 unspecified atom stereocenters. The molecule has 18 heavy (non-hydrogen) atoms. The molecule has 1 aromatic heterocycles. The van der Waals surface area contributed by atoms with E-state index < -0.39 is 0 Å². The van der Waals surface area contributed by atoms with Crippen LogP contribution in [-0.2, 0) is 26.5 Å². The van der Waals surface area contributed by atoms with Crippen molar-refractivity contribution < 1.29 is 25.8 Å². The number of hydrogen-bond acceptors (Lipinski definition) is 3. The van der Waals surface area contributed by atoms with Crippen LogP contribution in [0.1, 0.15) is 40.3 Å². The summed E-state index contributed by atoms with van der Waals surface area (Å²) in [6.07, 6.45) is 4.98. The number of ether oxygens (including phenoxy) is 1. The molecule has 1 N–H and O–H groups in total. The van der Waals surface area contributed by atoms with E-state index in [1.807, 2.05) is 26.3 Å². The molecule has 2 heterocycles. The van der Waals surface area contributed by atoms with Crippen molar-refractivity contribution in [1.29, 1.82) is 0 Å². The molecule has 0 atom stereocenters. The van der Waals surface area contributed by atoms with Crippen molar-refractivity contribution in [3.8, 4) is 5.75 Å². The van der Waals surface area contributed by atoms with Crippen molar-refractivity contribution in [1.82, 2.24) is 4.98 Å². The van der Waals surface area contributed by atoms with Crippen LogP contribution in [-0.4, -0.2) is 18.1 Å². The van der Waals surface area contributed by atoms with Crippen molar-refractivity contribution in [2.75, 3.05) is 18.5 Å². The van der Waals surface area contributed by atoms with Gasteiger partial charge in [-0.2, -0.15) is 13.8 Å². The van der Waals surface area contributed by atoms with Gasteiger partial charge in [-0.3, -0.25) is 0 Å². The molecule has 0 fully saturated rings. The molecule has 1 aliphatic heterocycles. The van der Waals surface area contributed by atoms with Gasteiger partial charge in [0.1, 0.15) is 0 Å². The molecule has 2 rings (SSSR count). The zero-order chi connectivity index (χ0) is 12.9. The zero-order valence-corrected chi connectivity index (χ0v) is 14.8. The first-order valence-electron chi connectivity index (χ1n) is 6.03. The Bertz CT molecular complexity index is 361. The molecule has 100 valence electrons. The monoisotopic (exact) mass is 418 g/mol. The molecule has 3 nitrogen and oxygen atoms in total. The van der Waals surface area contributed by atoms with Gasteiger partial charge in [-0.15, -0.1) is 6.07 Å². The third kappa shape index (κ3) is 4.97. The van der Waals surface area contributed by atoms with Gasteiger partial charge in [-0.1, -0.05) is 32.7 Å². The summed E-state index contributed by atoms with van der Waals surface area (Å²) in [5.41, 5.74) is 1.94. The van der Waals surface area contributed by atoms with Gasteiger partial charge < -0.3 is 21.5 Å². The standard InChI is InChI=1S/C11H15N2O.C3H7.W/c1-11(2,3)10-6-9-8(7-13-10)12-4-5-14-9;1-3-2;/h6,12H,4-5H2,1-3H3;3H,1-2H3;/q2*-1;+2. The SMILES string of the molecule is CC(C)(C)c1cc2c([c-]n1)NCCO2.C[CH-]C.[W+2]. The Morgan fingerprint density at radius 2 is 2.00 bits per heavy atom. The van der Waals surface area contributed by atoms with E-state index in [1.165, 1.54) is 0 Å². The first-order valence-corrected chi connectivity index (χ1v) is 6.03. The van der Waals surface area contributed by atoms with Gasteiger partial charge in [0.15, 0.2) is 0 Å². The van der Waals surface area contributed by atoms with E-state index in [0.29, 0.717) is 6.61 Å². The van der Waals surface area contributed by atoms with Gasteiger partial charge >= 0.3 is 21.1 Å². The predicted molar refractivity (Wildman–Crippen MR) is 71.4 cm³/mol. The van der Waals surface area contributed by atoms with Crippen LogP contribution in [0.25, 0.3) is 0 Å². The Balaban J connectivity index is 0.000000660. The van der Waals surface area contributed by atoms with E-state index in [1.54, 1.807) is 0 Å². The zero-order valence-electron chi connectivity index (χ0n) is 11.8. The topological polar surface area (TPSA) is 34.2 Å². The minimum Gasteiger partial charge on any atom is -0.547 e. The van der Waals surface area contributed by atoms with Crippen molar-refractivity contribution in [2.24, 2.45) is 0 Å². The predicted octanol–water partition coefficient (Wildman–Crippen LogP) is 3.21. The molecule has 0 saturated heterocycles. The molecule has 0 saturated carbocycles. The molecule has 1 aromatic rings. The van der Waals surface area contributed by atoms with Crippen molar-refractivity contribution in [2.45, 2.75) is 40.0 Å². The first-order chi connectivity index (χ1) is 7.99. The molecule has 0 aliphatic carbocycles. The Morgan fingerprint density at radius 1 is 1.39 bits per heavy atom. The molecular weight excluding hydrogens is 396 g/mol. The Kier molecular flexibility index (Phi) is 7.54. The summed E-state index contributed by atoms with van der Waals surface area (Å²) in [6.45, 7) is 11.9. The Hall–Kier alpha value is -0.562. The maximum Gasteiger partial charge on any atom is 2.00 e. The van der Waals surface area contributed by atoms with Gasteiger partial charge in [0.05, 0.1) is 6.61 Å². The number of fused-ring (bicyclic) bond motifs is 1. The van der Waals surface area contributed by atoms with Gasteiger partial charge in [-0.25, -0.2) is 0 Å². The second kappa shape index (κ2) is 7.78.